The van der Waals surface area contributed by atoms with Crippen LogP contribution in [-0.2, 0) is 0 Å². The van der Waals surface area contributed by atoms with E-state index in [4.69, 9.17) is 5.11 Å². The zero-order valence-electron chi connectivity index (χ0n) is 8.95. The summed E-state index contributed by atoms with van der Waals surface area (Å²) in [5, 5.41) is 12.6. The zero-order valence-corrected chi connectivity index (χ0v) is 8.95. The predicted molar refractivity (Wildman–Crippen MR) is 58.1 cm³/mol. The summed E-state index contributed by atoms with van der Waals surface area (Å²) < 4.78 is 0. The summed E-state index contributed by atoms with van der Waals surface area (Å²) in [6.45, 7) is 2.50. The van der Waals surface area contributed by atoms with Crippen molar-refractivity contribution >= 4 is 0 Å². The van der Waals surface area contributed by atoms with E-state index in [-0.39, 0.29) is 0 Å². The van der Waals surface area contributed by atoms with Crippen LogP contribution in [0.5, 0.6) is 0 Å². The van der Waals surface area contributed by atoms with Gasteiger partial charge in [0.15, 0.2) is 0 Å². The first-order chi connectivity index (χ1) is 6.85. The SMILES string of the molecule is CCC(CCO)NC1CC2CC=CC21. The lowest BCUT2D eigenvalue weighted by molar-refractivity contribution is 0.140. The molecule has 4 atom stereocenters. The highest BCUT2D eigenvalue weighted by atomic mass is 16.3. The van der Waals surface area contributed by atoms with Crippen molar-refractivity contribution in [1.29, 1.82) is 0 Å². The largest absolute Gasteiger partial charge is 0.396 e. The molecule has 0 aromatic carbocycles. The fraction of sp³-hybridized carbons (Fsp3) is 0.833. The third-order valence-electron chi connectivity index (χ3n) is 3.78. The van der Waals surface area contributed by atoms with E-state index in [1.807, 2.05) is 0 Å². The number of fused-ring (bicyclic) bond motifs is 1. The highest BCUT2D eigenvalue weighted by Gasteiger charge is 2.41. The van der Waals surface area contributed by atoms with Crippen LogP contribution in [0.25, 0.3) is 0 Å². The Bertz CT molecular complexity index is 214. The molecule has 14 heavy (non-hydrogen) atoms. The summed E-state index contributed by atoms with van der Waals surface area (Å²) >= 11 is 0. The molecule has 4 unspecified atom stereocenters. The van der Waals surface area contributed by atoms with Gasteiger partial charge in [0.25, 0.3) is 0 Å². The van der Waals surface area contributed by atoms with Crippen molar-refractivity contribution in [3.8, 4) is 0 Å². The van der Waals surface area contributed by atoms with Gasteiger partial charge in [-0.2, -0.15) is 0 Å². The lowest BCUT2D eigenvalue weighted by Gasteiger charge is -2.42. The fourth-order valence-electron chi connectivity index (χ4n) is 2.77. The van der Waals surface area contributed by atoms with Crippen LogP contribution in [0.1, 0.15) is 32.6 Å². The van der Waals surface area contributed by atoms with Crippen molar-refractivity contribution in [2.24, 2.45) is 11.8 Å². The molecule has 0 amide bonds. The minimum absolute atomic E-state index is 0.308. The molecule has 0 spiro atoms. The molecular weight excluding hydrogens is 174 g/mol. The Morgan fingerprint density at radius 1 is 1.57 bits per heavy atom. The molecule has 0 radical (unpaired) electrons. The van der Waals surface area contributed by atoms with Gasteiger partial charge in [-0.25, -0.2) is 0 Å². The first-order valence-corrected chi connectivity index (χ1v) is 5.88. The number of hydrogen-bond donors (Lipinski definition) is 2. The van der Waals surface area contributed by atoms with Gasteiger partial charge in [0.2, 0.25) is 0 Å². The van der Waals surface area contributed by atoms with E-state index in [1.165, 1.54) is 12.8 Å². The average molecular weight is 195 g/mol. The van der Waals surface area contributed by atoms with Crippen molar-refractivity contribution < 1.29 is 5.11 Å². The zero-order chi connectivity index (χ0) is 9.97. The van der Waals surface area contributed by atoms with Gasteiger partial charge in [-0.1, -0.05) is 19.1 Å². The van der Waals surface area contributed by atoms with E-state index in [0.717, 1.165) is 24.7 Å². The molecule has 0 bridgehead atoms. The summed E-state index contributed by atoms with van der Waals surface area (Å²) in [7, 11) is 0. The van der Waals surface area contributed by atoms with Gasteiger partial charge >= 0.3 is 0 Å². The van der Waals surface area contributed by atoms with Gasteiger partial charge in [-0.05, 0) is 37.5 Å². The molecule has 2 aliphatic carbocycles. The Morgan fingerprint density at radius 3 is 3.07 bits per heavy atom. The van der Waals surface area contributed by atoms with Crippen LogP contribution in [0.3, 0.4) is 0 Å². The lowest BCUT2D eigenvalue weighted by Crippen LogP contribution is -2.51. The molecule has 0 aromatic rings. The van der Waals surface area contributed by atoms with E-state index >= 15 is 0 Å². The normalized spacial score (nSPS) is 36.6. The molecule has 80 valence electrons. The van der Waals surface area contributed by atoms with Gasteiger partial charge in [0, 0.05) is 18.7 Å². The number of aliphatic hydroxyl groups excluding tert-OH is 1. The Kier molecular flexibility index (Phi) is 3.24. The van der Waals surface area contributed by atoms with Crippen molar-refractivity contribution in [3.05, 3.63) is 12.2 Å². The third kappa shape index (κ3) is 1.86. The number of allylic oxidation sites excluding steroid dienone is 1. The smallest absolute Gasteiger partial charge is 0.0445 e. The van der Waals surface area contributed by atoms with Crippen molar-refractivity contribution in [2.45, 2.75) is 44.7 Å². The molecule has 2 rings (SSSR count). The van der Waals surface area contributed by atoms with Crippen molar-refractivity contribution in [2.75, 3.05) is 6.61 Å². The van der Waals surface area contributed by atoms with Gasteiger partial charge in [0.05, 0.1) is 0 Å². The molecule has 0 aliphatic heterocycles. The van der Waals surface area contributed by atoms with Crippen LogP contribution >= 0.6 is 0 Å². The van der Waals surface area contributed by atoms with Gasteiger partial charge in [0.1, 0.15) is 0 Å². The quantitative estimate of drug-likeness (QED) is 0.654. The van der Waals surface area contributed by atoms with E-state index < -0.39 is 0 Å². The number of nitrogens with one attached hydrogen (secondary N) is 1. The second-order valence-electron chi connectivity index (χ2n) is 4.63. The summed E-state index contributed by atoms with van der Waals surface area (Å²) in [4.78, 5) is 0. The van der Waals surface area contributed by atoms with E-state index in [9.17, 15) is 0 Å². The molecular formula is C12H21NO. The molecule has 0 aromatic heterocycles. The summed E-state index contributed by atoms with van der Waals surface area (Å²) in [5.74, 6) is 1.72. The van der Waals surface area contributed by atoms with Crippen LogP contribution in [0.4, 0.5) is 0 Å². The Morgan fingerprint density at radius 2 is 2.43 bits per heavy atom. The van der Waals surface area contributed by atoms with Crippen LogP contribution in [0.2, 0.25) is 0 Å². The summed E-state index contributed by atoms with van der Waals surface area (Å²) in [6.07, 6.45) is 9.34. The first-order valence-electron chi connectivity index (χ1n) is 5.88. The molecule has 0 saturated heterocycles. The Hall–Kier alpha value is -0.340. The van der Waals surface area contributed by atoms with Crippen LogP contribution in [0, 0.1) is 11.8 Å². The summed E-state index contributed by atoms with van der Waals surface area (Å²) in [6, 6.07) is 1.20. The standard InChI is InChI=1S/C12H21NO/c1-2-10(6-7-14)13-12-8-9-4-3-5-11(9)12/h3,5,9-14H,2,4,6-8H2,1H3. The maximum Gasteiger partial charge on any atom is 0.0445 e. The monoisotopic (exact) mass is 195 g/mol. The van der Waals surface area contributed by atoms with Gasteiger partial charge < -0.3 is 10.4 Å². The van der Waals surface area contributed by atoms with E-state index in [1.54, 1.807) is 0 Å². The maximum absolute atomic E-state index is 8.90. The molecule has 2 nitrogen and oxygen atoms in total. The third-order valence-corrected chi connectivity index (χ3v) is 3.78. The molecule has 2 N–H and O–H groups in total. The molecule has 1 fully saturated rings. The Balaban J connectivity index is 1.77. The van der Waals surface area contributed by atoms with Gasteiger partial charge in [-0.15, -0.1) is 0 Å². The number of hydrogen-bond acceptors (Lipinski definition) is 2. The van der Waals surface area contributed by atoms with Crippen LogP contribution in [-0.4, -0.2) is 23.8 Å². The van der Waals surface area contributed by atoms with E-state index in [0.29, 0.717) is 18.7 Å². The van der Waals surface area contributed by atoms with Crippen LogP contribution in [0.15, 0.2) is 12.2 Å². The first kappa shape index (κ1) is 10.2. The Labute approximate surface area is 86.4 Å². The highest BCUT2D eigenvalue weighted by Crippen LogP contribution is 2.42. The molecule has 2 aliphatic rings. The number of aliphatic hydroxyl groups is 1. The minimum Gasteiger partial charge on any atom is -0.396 e. The molecule has 0 heterocycles. The topological polar surface area (TPSA) is 32.3 Å². The highest BCUT2D eigenvalue weighted by molar-refractivity contribution is 5.13. The molecule has 1 saturated carbocycles. The van der Waals surface area contributed by atoms with Crippen LogP contribution < -0.4 is 5.32 Å². The predicted octanol–water partition coefficient (Wildman–Crippen LogP) is 1.70. The maximum atomic E-state index is 8.90. The van der Waals surface area contributed by atoms with Crippen molar-refractivity contribution in [3.63, 3.8) is 0 Å². The second kappa shape index (κ2) is 4.45. The number of rotatable bonds is 5. The summed E-state index contributed by atoms with van der Waals surface area (Å²) in [5.41, 5.74) is 0. The van der Waals surface area contributed by atoms with Gasteiger partial charge in [-0.3, -0.25) is 0 Å². The lowest BCUT2D eigenvalue weighted by atomic mass is 9.71. The molecule has 2 heteroatoms. The van der Waals surface area contributed by atoms with E-state index in [2.05, 4.69) is 24.4 Å². The second-order valence-corrected chi connectivity index (χ2v) is 4.63. The fourth-order valence-corrected chi connectivity index (χ4v) is 2.77. The van der Waals surface area contributed by atoms with Crippen molar-refractivity contribution in [1.82, 2.24) is 5.32 Å². The minimum atomic E-state index is 0.308. The average Bonchev–Trinajstić information content (AvgIpc) is 2.54.